The van der Waals surface area contributed by atoms with E-state index >= 15 is 0 Å². The van der Waals surface area contributed by atoms with Crippen molar-refractivity contribution in [2.45, 2.75) is 25.6 Å². The predicted octanol–water partition coefficient (Wildman–Crippen LogP) is 3.84. The normalized spacial score (nSPS) is 17.0. The van der Waals surface area contributed by atoms with Gasteiger partial charge in [-0.25, -0.2) is 0 Å². The average Bonchev–Trinajstić information content (AvgIpc) is 2.63. The van der Waals surface area contributed by atoms with Crippen molar-refractivity contribution in [3.05, 3.63) is 34.9 Å². The highest BCUT2D eigenvalue weighted by Gasteiger charge is 2.27. The maximum Gasteiger partial charge on any atom is 0.390 e. The van der Waals surface area contributed by atoms with Crippen LogP contribution in [0, 0.1) is 0 Å². The van der Waals surface area contributed by atoms with E-state index in [9.17, 15) is 13.2 Å². The molecule has 28 heavy (non-hydrogen) atoms. The van der Waals surface area contributed by atoms with Crippen molar-refractivity contribution in [2.24, 2.45) is 4.99 Å². The number of benzene rings is 1. The molecule has 0 aliphatic carbocycles. The molecule has 1 saturated heterocycles. The van der Waals surface area contributed by atoms with Gasteiger partial charge in [0.15, 0.2) is 5.96 Å². The monoisotopic (exact) mass is 534 g/mol. The maximum absolute atomic E-state index is 12.4. The summed E-state index contributed by atoms with van der Waals surface area (Å²) in [7, 11) is 0. The van der Waals surface area contributed by atoms with E-state index in [4.69, 9.17) is 16.3 Å². The first kappa shape index (κ1) is 25.3. The molecule has 2 rings (SSSR count). The van der Waals surface area contributed by atoms with Gasteiger partial charge in [-0.2, -0.15) is 13.2 Å². The molecule has 2 N–H and O–H groups in total. The molecule has 1 fully saturated rings. The van der Waals surface area contributed by atoms with E-state index in [1.54, 1.807) is 0 Å². The van der Waals surface area contributed by atoms with Crippen LogP contribution in [-0.2, 0) is 4.74 Å². The number of morpholine rings is 1. The molecule has 0 saturated carbocycles. The van der Waals surface area contributed by atoms with Gasteiger partial charge in [-0.05, 0) is 18.6 Å². The molecular formula is C18H27ClF3IN4O. The van der Waals surface area contributed by atoms with Gasteiger partial charge in [0.25, 0.3) is 0 Å². The van der Waals surface area contributed by atoms with Gasteiger partial charge < -0.3 is 15.4 Å². The lowest BCUT2D eigenvalue weighted by Crippen LogP contribution is -2.42. The van der Waals surface area contributed by atoms with Crippen LogP contribution in [0.1, 0.15) is 24.9 Å². The molecule has 1 aromatic carbocycles. The summed E-state index contributed by atoms with van der Waals surface area (Å²) in [5, 5.41) is 6.38. The fourth-order valence-electron chi connectivity index (χ4n) is 2.89. The lowest BCUT2D eigenvalue weighted by atomic mass is 10.0. The third kappa shape index (κ3) is 8.71. The third-order valence-electron chi connectivity index (χ3n) is 4.22. The van der Waals surface area contributed by atoms with Crippen molar-refractivity contribution in [1.29, 1.82) is 0 Å². The van der Waals surface area contributed by atoms with Crippen molar-refractivity contribution in [1.82, 2.24) is 15.5 Å². The van der Waals surface area contributed by atoms with E-state index in [-0.39, 0.29) is 36.6 Å². The van der Waals surface area contributed by atoms with Gasteiger partial charge in [0.1, 0.15) is 0 Å². The lowest BCUT2D eigenvalue weighted by molar-refractivity contribution is -0.132. The molecule has 0 bridgehead atoms. The van der Waals surface area contributed by atoms with Crippen LogP contribution < -0.4 is 10.6 Å². The van der Waals surface area contributed by atoms with E-state index in [1.165, 1.54) is 0 Å². The van der Waals surface area contributed by atoms with Gasteiger partial charge in [-0.3, -0.25) is 9.89 Å². The topological polar surface area (TPSA) is 48.9 Å². The number of alkyl halides is 3. The van der Waals surface area contributed by atoms with Crippen LogP contribution >= 0.6 is 35.6 Å². The molecule has 0 aromatic heterocycles. The zero-order chi connectivity index (χ0) is 19.7. The second-order valence-electron chi connectivity index (χ2n) is 6.20. The molecule has 1 atom stereocenters. The summed E-state index contributed by atoms with van der Waals surface area (Å²) < 4.78 is 42.6. The van der Waals surface area contributed by atoms with Crippen LogP contribution in [-0.4, -0.2) is 63.0 Å². The molecule has 1 aliphatic heterocycles. The van der Waals surface area contributed by atoms with Crippen LogP contribution in [0.25, 0.3) is 0 Å². The zero-order valence-corrected chi connectivity index (χ0v) is 18.9. The smallest absolute Gasteiger partial charge is 0.379 e. The third-order valence-corrected chi connectivity index (χ3v) is 4.56. The first-order valence-corrected chi connectivity index (χ1v) is 9.43. The first-order chi connectivity index (χ1) is 12.9. The van der Waals surface area contributed by atoms with Gasteiger partial charge in [-0.15, -0.1) is 24.0 Å². The molecule has 0 amide bonds. The van der Waals surface area contributed by atoms with Crippen LogP contribution in [0.5, 0.6) is 0 Å². The van der Waals surface area contributed by atoms with Crippen LogP contribution in [0.15, 0.2) is 29.3 Å². The summed E-state index contributed by atoms with van der Waals surface area (Å²) in [5.74, 6) is 0.368. The Balaban J connectivity index is 0.00000392. The van der Waals surface area contributed by atoms with E-state index in [0.29, 0.717) is 37.3 Å². The summed E-state index contributed by atoms with van der Waals surface area (Å²) in [6, 6.07) is 7.52. The molecule has 1 aliphatic rings. The minimum Gasteiger partial charge on any atom is -0.379 e. The Hall–Kier alpha value is -0.780. The predicted molar refractivity (Wildman–Crippen MR) is 117 cm³/mol. The maximum atomic E-state index is 12.4. The SMILES string of the molecule is CCNC(=NCC(c1ccccc1Cl)N1CCOCC1)NCCC(F)(F)F.I. The lowest BCUT2D eigenvalue weighted by Gasteiger charge is -2.34. The number of nitrogens with one attached hydrogen (secondary N) is 2. The zero-order valence-electron chi connectivity index (χ0n) is 15.8. The van der Waals surface area contributed by atoms with E-state index in [1.807, 2.05) is 31.2 Å². The van der Waals surface area contributed by atoms with Crippen molar-refractivity contribution in [3.8, 4) is 0 Å². The number of halogens is 5. The Morgan fingerprint density at radius 2 is 1.93 bits per heavy atom. The molecule has 5 nitrogen and oxygen atoms in total. The minimum absolute atomic E-state index is 0. The number of hydrogen-bond donors (Lipinski definition) is 2. The van der Waals surface area contributed by atoms with Gasteiger partial charge in [-0.1, -0.05) is 29.8 Å². The van der Waals surface area contributed by atoms with Crippen LogP contribution in [0.2, 0.25) is 5.02 Å². The largest absolute Gasteiger partial charge is 0.390 e. The molecular weight excluding hydrogens is 508 g/mol. The standard InChI is InChI=1S/C18H26ClF3N4O.HI/c1-2-23-17(24-8-7-18(20,21)22)25-13-16(26-9-11-27-12-10-26)14-5-3-4-6-15(14)19;/h3-6,16H,2,7-13H2,1H3,(H2,23,24,25);1H. The van der Waals surface area contributed by atoms with Crippen molar-refractivity contribution < 1.29 is 17.9 Å². The Kier molecular flexibility index (Phi) is 11.5. The van der Waals surface area contributed by atoms with Gasteiger partial charge >= 0.3 is 6.18 Å². The number of ether oxygens (including phenoxy) is 1. The Bertz CT molecular complexity index is 613. The Labute approximate surface area is 186 Å². The van der Waals surface area contributed by atoms with E-state index in [2.05, 4.69) is 20.5 Å². The molecule has 1 heterocycles. The highest BCUT2D eigenvalue weighted by atomic mass is 127. The quantitative estimate of drug-likeness (QED) is 0.317. The number of guanidine groups is 1. The second kappa shape index (κ2) is 12.7. The number of hydrogen-bond acceptors (Lipinski definition) is 3. The van der Waals surface area contributed by atoms with Crippen molar-refractivity contribution >= 4 is 41.5 Å². The Morgan fingerprint density at radius 1 is 1.25 bits per heavy atom. The second-order valence-corrected chi connectivity index (χ2v) is 6.60. The highest BCUT2D eigenvalue weighted by molar-refractivity contribution is 14.0. The molecule has 0 spiro atoms. The molecule has 1 aromatic rings. The first-order valence-electron chi connectivity index (χ1n) is 9.06. The summed E-state index contributed by atoms with van der Waals surface area (Å²) >= 11 is 6.39. The summed E-state index contributed by atoms with van der Waals surface area (Å²) in [6.07, 6.45) is -5.10. The fourth-order valence-corrected chi connectivity index (χ4v) is 3.15. The molecule has 10 heteroatoms. The number of nitrogens with zero attached hydrogens (tertiary/aromatic N) is 2. The summed E-state index contributed by atoms with van der Waals surface area (Å²) in [4.78, 5) is 6.76. The Morgan fingerprint density at radius 3 is 2.54 bits per heavy atom. The average molecular weight is 535 g/mol. The number of rotatable bonds is 7. The summed E-state index contributed by atoms with van der Waals surface area (Å²) in [5.41, 5.74) is 0.955. The highest BCUT2D eigenvalue weighted by Crippen LogP contribution is 2.28. The minimum atomic E-state index is -4.20. The van der Waals surface area contributed by atoms with Crippen molar-refractivity contribution in [3.63, 3.8) is 0 Å². The van der Waals surface area contributed by atoms with Crippen LogP contribution in [0.4, 0.5) is 13.2 Å². The molecule has 0 radical (unpaired) electrons. The number of aliphatic imine (C=N–C) groups is 1. The fraction of sp³-hybridized carbons (Fsp3) is 0.611. The van der Waals surface area contributed by atoms with Crippen molar-refractivity contribution in [2.75, 3.05) is 45.9 Å². The van der Waals surface area contributed by atoms with Crippen LogP contribution in [0.3, 0.4) is 0 Å². The molecule has 160 valence electrons. The van der Waals surface area contributed by atoms with E-state index in [0.717, 1.165) is 18.7 Å². The van der Waals surface area contributed by atoms with Gasteiger partial charge in [0.05, 0.1) is 32.2 Å². The van der Waals surface area contributed by atoms with E-state index < -0.39 is 12.6 Å². The van der Waals surface area contributed by atoms with Gasteiger partial charge in [0, 0.05) is 31.2 Å². The molecule has 1 unspecified atom stereocenters. The summed E-state index contributed by atoms with van der Waals surface area (Å²) in [6.45, 7) is 5.37. The van der Waals surface area contributed by atoms with Gasteiger partial charge in [0.2, 0.25) is 0 Å².